The fourth-order valence-electron chi connectivity index (χ4n) is 1.91. The lowest BCUT2D eigenvalue weighted by Crippen LogP contribution is -2.27. The standard InChI is InChI=1S/C15H16ClN3O3S/c1-17-23(21,22)12-5-6-14(16)13(10-12)15(20)19-9-7-11-4-2-3-8-18-11/h2-6,8,10,17H,7,9H2,1H3,(H,19,20). The van der Waals surface area contributed by atoms with E-state index in [0.29, 0.717) is 13.0 Å². The fourth-order valence-corrected chi connectivity index (χ4v) is 2.87. The van der Waals surface area contributed by atoms with Crippen LogP contribution in [0.1, 0.15) is 16.1 Å². The maximum Gasteiger partial charge on any atom is 0.252 e. The number of nitrogens with one attached hydrogen (secondary N) is 2. The summed E-state index contributed by atoms with van der Waals surface area (Å²) in [5.41, 5.74) is 0.967. The van der Waals surface area contributed by atoms with E-state index in [4.69, 9.17) is 11.6 Å². The van der Waals surface area contributed by atoms with Gasteiger partial charge in [-0.25, -0.2) is 13.1 Å². The molecule has 2 aromatic rings. The molecule has 0 spiro atoms. The second-order valence-electron chi connectivity index (χ2n) is 4.68. The molecule has 2 rings (SSSR count). The van der Waals surface area contributed by atoms with Gasteiger partial charge in [-0.2, -0.15) is 0 Å². The number of hydrogen-bond donors (Lipinski definition) is 2. The minimum atomic E-state index is -3.63. The average molecular weight is 354 g/mol. The van der Waals surface area contributed by atoms with Crippen LogP contribution in [0.3, 0.4) is 0 Å². The van der Waals surface area contributed by atoms with Crippen molar-refractivity contribution in [2.75, 3.05) is 13.6 Å². The van der Waals surface area contributed by atoms with Gasteiger partial charge in [0.15, 0.2) is 0 Å². The summed E-state index contributed by atoms with van der Waals surface area (Å²) in [4.78, 5) is 16.3. The van der Waals surface area contributed by atoms with Gasteiger partial charge in [0.2, 0.25) is 10.0 Å². The molecular weight excluding hydrogens is 338 g/mol. The van der Waals surface area contributed by atoms with Gasteiger partial charge in [0.05, 0.1) is 15.5 Å². The van der Waals surface area contributed by atoms with Crippen LogP contribution in [0.2, 0.25) is 5.02 Å². The van der Waals surface area contributed by atoms with Crippen LogP contribution in [0.5, 0.6) is 0 Å². The summed E-state index contributed by atoms with van der Waals surface area (Å²) < 4.78 is 25.8. The number of carbonyl (C=O) groups is 1. The van der Waals surface area contributed by atoms with Crippen LogP contribution in [0.15, 0.2) is 47.5 Å². The molecule has 0 atom stereocenters. The third-order valence-electron chi connectivity index (χ3n) is 3.15. The molecule has 6 nitrogen and oxygen atoms in total. The normalized spacial score (nSPS) is 11.2. The quantitative estimate of drug-likeness (QED) is 0.826. The number of benzene rings is 1. The molecule has 23 heavy (non-hydrogen) atoms. The van der Waals surface area contributed by atoms with E-state index < -0.39 is 15.9 Å². The summed E-state index contributed by atoms with van der Waals surface area (Å²) in [6.45, 7) is 0.370. The molecule has 2 N–H and O–H groups in total. The third kappa shape index (κ3) is 4.51. The van der Waals surface area contributed by atoms with E-state index in [1.165, 1.54) is 25.2 Å². The van der Waals surface area contributed by atoms with E-state index in [-0.39, 0.29) is 15.5 Å². The summed E-state index contributed by atoms with van der Waals surface area (Å²) in [5.74, 6) is -0.431. The minimum Gasteiger partial charge on any atom is -0.352 e. The molecule has 0 radical (unpaired) electrons. The van der Waals surface area contributed by atoms with Crippen LogP contribution in [-0.4, -0.2) is 32.9 Å². The Labute approximate surface area is 139 Å². The van der Waals surface area contributed by atoms with Gasteiger partial charge in [-0.05, 0) is 37.4 Å². The second kappa shape index (κ2) is 7.54. The summed E-state index contributed by atoms with van der Waals surface area (Å²) in [6.07, 6.45) is 2.25. The highest BCUT2D eigenvalue weighted by Crippen LogP contribution is 2.20. The molecule has 8 heteroatoms. The van der Waals surface area contributed by atoms with Gasteiger partial charge in [-0.1, -0.05) is 17.7 Å². The first kappa shape index (κ1) is 17.4. The molecule has 122 valence electrons. The zero-order valence-corrected chi connectivity index (χ0v) is 14.0. The number of sulfonamides is 1. The van der Waals surface area contributed by atoms with E-state index in [0.717, 1.165) is 5.69 Å². The van der Waals surface area contributed by atoms with Crippen molar-refractivity contribution in [3.8, 4) is 0 Å². The molecule has 0 unspecified atom stereocenters. The van der Waals surface area contributed by atoms with Crippen LogP contribution in [-0.2, 0) is 16.4 Å². The predicted molar refractivity (Wildman–Crippen MR) is 88.0 cm³/mol. The number of hydrogen-bond acceptors (Lipinski definition) is 4. The lowest BCUT2D eigenvalue weighted by molar-refractivity contribution is 0.0954. The minimum absolute atomic E-state index is 0.0146. The van der Waals surface area contributed by atoms with Crippen LogP contribution >= 0.6 is 11.6 Å². The maximum absolute atomic E-state index is 12.2. The summed E-state index contributed by atoms with van der Waals surface area (Å²) in [7, 11) is -2.33. The average Bonchev–Trinajstić information content (AvgIpc) is 2.56. The van der Waals surface area contributed by atoms with Crippen molar-refractivity contribution in [2.24, 2.45) is 0 Å². The van der Waals surface area contributed by atoms with Crippen LogP contribution in [0, 0.1) is 0 Å². The molecule has 0 saturated heterocycles. The Bertz CT molecular complexity index is 795. The molecule has 0 saturated carbocycles. The summed E-state index contributed by atoms with van der Waals surface area (Å²) >= 11 is 5.99. The van der Waals surface area contributed by atoms with Crippen molar-refractivity contribution < 1.29 is 13.2 Å². The number of amides is 1. The van der Waals surface area contributed by atoms with Crippen LogP contribution < -0.4 is 10.0 Å². The highest BCUT2D eigenvalue weighted by molar-refractivity contribution is 7.89. The van der Waals surface area contributed by atoms with Gasteiger partial charge >= 0.3 is 0 Å². The molecule has 0 aliphatic rings. The zero-order chi connectivity index (χ0) is 16.9. The lowest BCUT2D eigenvalue weighted by Gasteiger charge is -2.09. The number of nitrogens with zero attached hydrogens (tertiary/aromatic N) is 1. The van der Waals surface area contributed by atoms with Gasteiger partial charge in [-0.3, -0.25) is 9.78 Å². The molecule has 1 aromatic heterocycles. The van der Waals surface area contributed by atoms with Gasteiger partial charge < -0.3 is 5.32 Å². The predicted octanol–water partition coefficient (Wildman–Crippen LogP) is 1.62. The molecule has 1 heterocycles. The van der Waals surface area contributed by atoms with Gasteiger partial charge in [0.25, 0.3) is 5.91 Å². The van der Waals surface area contributed by atoms with E-state index in [1.807, 2.05) is 18.2 Å². The first-order valence-electron chi connectivity index (χ1n) is 6.85. The van der Waals surface area contributed by atoms with E-state index in [2.05, 4.69) is 15.0 Å². The summed E-state index contributed by atoms with van der Waals surface area (Å²) in [6, 6.07) is 9.53. The molecular formula is C15H16ClN3O3S. The Balaban J connectivity index is 2.08. The molecule has 0 aliphatic carbocycles. The first-order chi connectivity index (χ1) is 10.9. The van der Waals surface area contributed by atoms with E-state index in [9.17, 15) is 13.2 Å². The van der Waals surface area contributed by atoms with E-state index in [1.54, 1.807) is 6.20 Å². The third-order valence-corrected chi connectivity index (χ3v) is 4.90. The Morgan fingerprint density at radius 1 is 1.26 bits per heavy atom. The van der Waals surface area contributed by atoms with Crippen molar-refractivity contribution >= 4 is 27.5 Å². The van der Waals surface area contributed by atoms with Crippen molar-refractivity contribution in [3.05, 3.63) is 58.9 Å². The molecule has 0 fully saturated rings. The second-order valence-corrected chi connectivity index (χ2v) is 6.97. The summed E-state index contributed by atoms with van der Waals surface area (Å²) in [5, 5.41) is 2.90. The van der Waals surface area contributed by atoms with Crippen molar-refractivity contribution in [3.63, 3.8) is 0 Å². The number of carbonyl (C=O) groups excluding carboxylic acids is 1. The molecule has 1 aromatic carbocycles. The number of aromatic nitrogens is 1. The Kier molecular flexibility index (Phi) is 5.70. The van der Waals surface area contributed by atoms with Crippen LogP contribution in [0.4, 0.5) is 0 Å². The highest BCUT2D eigenvalue weighted by atomic mass is 35.5. The fraction of sp³-hybridized carbons (Fsp3) is 0.200. The molecule has 0 bridgehead atoms. The first-order valence-corrected chi connectivity index (χ1v) is 8.71. The van der Waals surface area contributed by atoms with Crippen molar-refractivity contribution in [1.29, 1.82) is 0 Å². The number of rotatable bonds is 6. The SMILES string of the molecule is CNS(=O)(=O)c1ccc(Cl)c(C(=O)NCCc2ccccn2)c1. The number of halogens is 1. The monoisotopic (exact) mass is 353 g/mol. The Hall–Kier alpha value is -1.96. The Morgan fingerprint density at radius 3 is 2.70 bits per heavy atom. The Morgan fingerprint density at radius 2 is 2.04 bits per heavy atom. The van der Waals surface area contributed by atoms with Crippen molar-refractivity contribution in [2.45, 2.75) is 11.3 Å². The van der Waals surface area contributed by atoms with Gasteiger partial charge in [-0.15, -0.1) is 0 Å². The lowest BCUT2D eigenvalue weighted by atomic mass is 10.2. The van der Waals surface area contributed by atoms with Crippen LogP contribution in [0.25, 0.3) is 0 Å². The molecule has 1 amide bonds. The maximum atomic E-state index is 12.2. The van der Waals surface area contributed by atoms with Gasteiger partial charge in [0, 0.05) is 24.9 Å². The molecule has 0 aliphatic heterocycles. The zero-order valence-electron chi connectivity index (χ0n) is 12.4. The topological polar surface area (TPSA) is 88.2 Å². The van der Waals surface area contributed by atoms with Crippen molar-refractivity contribution in [1.82, 2.24) is 15.0 Å². The largest absolute Gasteiger partial charge is 0.352 e. The highest BCUT2D eigenvalue weighted by Gasteiger charge is 2.17. The van der Waals surface area contributed by atoms with Gasteiger partial charge in [0.1, 0.15) is 0 Å². The smallest absolute Gasteiger partial charge is 0.252 e. The van der Waals surface area contributed by atoms with E-state index >= 15 is 0 Å². The number of pyridine rings is 1.